The van der Waals surface area contributed by atoms with Crippen molar-refractivity contribution in [2.75, 3.05) is 0 Å². The molecule has 3 nitrogen and oxygen atoms in total. The van der Waals surface area contributed by atoms with Gasteiger partial charge in [-0.2, -0.15) is 0 Å². The van der Waals surface area contributed by atoms with Crippen molar-refractivity contribution < 1.29 is 8.78 Å². The molecular weight excluding hydrogens is 248 g/mol. The number of H-pyrrole nitrogens is 1. The van der Waals surface area contributed by atoms with Crippen LogP contribution in [0.1, 0.15) is 5.56 Å². The van der Waals surface area contributed by atoms with Crippen molar-refractivity contribution in [3.8, 4) is 11.4 Å². The number of aromatic nitrogens is 2. The van der Waals surface area contributed by atoms with E-state index in [1.165, 1.54) is 6.07 Å². The second-order valence-corrected chi connectivity index (χ2v) is 4.27. The first-order chi connectivity index (χ1) is 9.17. The quantitative estimate of drug-likeness (QED) is 0.743. The highest BCUT2D eigenvalue weighted by Gasteiger charge is 2.09. The first-order valence-electron chi connectivity index (χ1n) is 5.81. The zero-order valence-electron chi connectivity index (χ0n) is 9.95. The molecule has 5 heteroatoms. The van der Waals surface area contributed by atoms with Gasteiger partial charge in [0.05, 0.1) is 11.0 Å². The Balaban J connectivity index is 2.11. The third-order valence-electron chi connectivity index (χ3n) is 2.98. The predicted molar refractivity (Wildman–Crippen MR) is 69.3 cm³/mol. The lowest BCUT2D eigenvalue weighted by Crippen LogP contribution is -1.95. The van der Waals surface area contributed by atoms with Crippen LogP contribution in [0.3, 0.4) is 0 Å². The SMILES string of the molecule is NCc1ccc2nc(-c3ccc(F)c(F)c3)[nH]c2c1. The fourth-order valence-electron chi connectivity index (χ4n) is 1.96. The van der Waals surface area contributed by atoms with E-state index >= 15 is 0 Å². The second-order valence-electron chi connectivity index (χ2n) is 4.27. The number of fused-ring (bicyclic) bond motifs is 1. The van der Waals surface area contributed by atoms with Gasteiger partial charge in [0, 0.05) is 12.1 Å². The molecule has 0 atom stereocenters. The summed E-state index contributed by atoms with van der Waals surface area (Å²) >= 11 is 0. The Morgan fingerprint density at radius 1 is 1.05 bits per heavy atom. The highest BCUT2D eigenvalue weighted by atomic mass is 19.2. The van der Waals surface area contributed by atoms with E-state index in [0.717, 1.165) is 28.7 Å². The molecule has 0 saturated heterocycles. The van der Waals surface area contributed by atoms with Crippen molar-refractivity contribution in [2.45, 2.75) is 6.54 Å². The van der Waals surface area contributed by atoms with Crippen LogP contribution in [0.2, 0.25) is 0 Å². The maximum atomic E-state index is 13.2. The highest BCUT2D eigenvalue weighted by molar-refractivity contribution is 5.80. The molecule has 3 N–H and O–H groups in total. The van der Waals surface area contributed by atoms with Crippen LogP contribution in [0.4, 0.5) is 8.78 Å². The minimum Gasteiger partial charge on any atom is -0.338 e. The van der Waals surface area contributed by atoms with Crippen molar-refractivity contribution in [1.82, 2.24) is 9.97 Å². The predicted octanol–water partition coefficient (Wildman–Crippen LogP) is 2.97. The number of aromatic amines is 1. The molecule has 0 aliphatic carbocycles. The zero-order valence-corrected chi connectivity index (χ0v) is 9.95. The monoisotopic (exact) mass is 259 g/mol. The number of hydrogen-bond acceptors (Lipinski definition) is 2. The molecule has 19 heavy (non-hydrogen) atoms. The molecule has 96 valence electrons. The molecule has 0 unspecified atom stereocenters. The molecule has 1 aromatic heterocycles. The summed E-state index contributed by atoms with van der Waals surface area (Å²) in [5, 5.41) is 0. The summed E-state index contributed by atoms with van der Waals surface area (Å²) in [5.74, 6) is -1.26. The van der Waals surface area contributed by atoms with E-state index in [9.17, 15) is 8.78 Å². The van der Waals surface area contributed by atoms with Gasteiger partial charge < -0.3 is 10.7 Å². The first-order valence-corrected chi connectivity index (χ1v) is 5.81. The normalized spacial score (nSPS) is 11.1. The van der Waals surface area contributed by atoms with Crippen molar-refractivity contribution in [3.05, 3.63) is 53.6 Å². The van der Waals surface area contributed by atoms with E-state index in [0.29, 0.717) is 17.9 Å². The molecule has 3 aromatic rings. The van der Waals surface area contributed by atoms with Crippen LogP contribution in [0.25, 0.3) is 22.4 Å². The lowest BCUT2D eigenvalue weighted by atomic mass is 10.2. The molecule has 0 aliphatic heterocycles. The minimum atomic E-state index is -0.888. The van der Waals surface area contributed by atoms with Crippen LogP contribution >= 0.6 is 0 Å². The van der Waals surface area contributed by atoms with Crippen molar-refractivity contribution in [1.29, 1.82) is 0 Å². The summed E-state index contributed by atoms with van der Waals surface area (Å²) in [6.07, 6.45) is 0. The minimum absolute atomic E-state index is 0.440. The van der Waals surface area contributed by atoms with E-state index in [4.69, 9.17) is 5.73 Å². The summed E-state index contributed by atoms with van der Waals surface area (Å²) < 4.78 is 26.1. The zero-order chi connectivity index (χ0) is 13.4. The van der Waals surface area contributed by atoms with Crippen LogP contribution in [-0.2, 0) is 6.54 Å². The number of imidazole rings is 1. The largest absolute Gasteiger partial charge is 0.338 e. The summed E-state index contributed by atoms with van der Waals surface area (Å²) in [4.78, 5) is 7.42. The summed E-state index contributed by atoms with van der Waals surface area (Å²) in [6, 6.07) is 9.32. The fraction of sp³-hybridized carbons (Fsp3) is 0.0714. The van der Waals surface area contributed by atoms with Crippen LogP contribution in [0.5, 0.6) is 0 Å². The third kappa shape index (κ3) is 2.08. The number of nitrogens with two attached hydrogens (primary N) is 1. The third-order valence-corrected chi connectivity index (χ3v) is 2.98. The van der Waals surface area contributed by atoms with Gasteiger partial charge in [-0.1, -0.05) is 6.07 Å². The Hall–Kier alpha value is -2.27. The highest BCUT2D eigenvalue weighted by Crippen LogP contribution is 2.22. The van der Waals surface area contributed by atoms with Crippen LogP contribution in [-0.4, -0.2) is 9.97 Å². The van der Waals surface area contributed by atoms with Crippen LogP contribution in [0.15, 0.2) is 36.4 Å². The number of benzene rings is 2. The van der Waals surface area contributed by atoms with Gasteiger partial charge in [-0.3, -0.25) is 0 Å². The van der Waals surface area contributed by atoms with Crippen molar-refractivity contribution in [3.63, 3.8) is 0 Å². The Labute approximate surface area is 108 Å². The van der Waals surface area contributed by atoms with Crippen molar-refractivity contribution in [2.24, 2.45) is 5.73 Å². The molecule has 0 aliphatic rings. The van der Waals surface area contributed by atoms with Gasteiger partial charge in [0.1, 0.15) is 5.82 Å². The Kier molecular flexibility index (Phi) is 2.76. The standard InChI is InChI=1S/C14H11F2N3/c15-10-3-2-9(6-11(10)16)14-18-12-4-1-8(7-17)5-13(12)19-14/h1-6H,7,17H2,(H,18,19). The number of rotatable bonds is 2. The molecule has 0 fully saturated rings. The molecule has 0 amide bonds. The van der Waals surface area contributed by atoms with Gasteiger partial charge in [0.2, 0.25) is 0 Å². The number of halogens is 2. The van der Waals surface area contributed by atoms with E-state index in [1.807, 2.05) is 18.2 Å². The van der Waals surface area contributed by atoms with Gasteiger partial charge in [0.25, 0.3) is 0 Å². The molecule has 1 heterocycles. The molecule has 2 aromatic carbocycles. The maximum Gasteiger partial charge on any atom is 0.159 e. The van der Waals surface area contributed by atoms with Gasteiger partial charge >= 0.3 is 0 Å². The maximum absolute atomic E-state index is 13.2. The summed E-state index contributed by atoms with van der Waals surface area (Å²) in [5.41, 5.74) is 8.64. The Bertz CT molecular complexity index is 750. The summed E-state index contributed by atoms with van der Waals surface area (Å²) in [6.45, 7) is 0.440. The lowest BCUT2D eigenvalue weighted by Gasteiger charge is -1.97. The smallest absolute Gasteiger partial charge is 0.159 e. The molecular formula is C14H11F2N3. The molecule has 0 saturated carbocycles. The number of nitrogens with one attached hydrogen (secondary N) is 1. The van der Waals surface area contributed by atoms with E-state index in [2.05, 4.69) is 9.97 Å². The van der Waals surface area contributed by atoms with Gasteiger partial charge in [-0.25, -0.2) is 13.8 Å². The molecule has 3 rings (SSSR count). The lowest BCUT2D eigenvalue weighted by molar-refractivity contribution is 0.509. The number of hydrogen-bond donors (Lipinski definition) is 2. The van der Waals surface area contributed by atoms with Gasteiger partial charge in [-0.15, -0.1) is 0 Å². The molecule has 0 radical (unpaired) electrons. The fourth-order valence-corrected chi connectivity index (χ4v) is 1.96. The van der Waals surface area contributed by atoms with E-state index in [-0.39, 0.29) is 0 Å². The number of nitrogens with zero attached hydrogens (tertiary/aromatic N) is 1. The van der Waals surface area contributed by atoms with Crippen molar-refractivity contribution >= 4 is 11.0 Å². The summed E-state index contributed by atoms with van der Waals surface area (Å²) in [7, 11) is 0. The first kappa shape index (κ1) is 11.8. The van der Waals surface area contributed by atoms with Gasteiger partial charge in [-0.05, 0) is 35.9 Å². The molecule has 0 spiro atoms. The average molecular weight is 259 g/mol. The topological polar surface area (TPSA) is 54.7 Å². The average Bonchev–Trinajstić information content (AvgIpc) is 2.84. The van der Waals surface area contributed by atoms with E-state index in [1.54, 1.807) is 0 Å². The van der Waals surface area contributed by atoms with Crippen LogP contribution in [0, 0.1) is 11.6 Å². The van der Waals surface area contributed by atoms with Gasteiger partial charge in [0.15, 0.2) is 11.6 Å². The Morgan fingerprint density at radius 3 is 2.63 bits per heavy atom. The Morgan fingerprint density at radius 2 is 1.89 bits per heavy atom. The second kappa shape index (κ2) is 4.44. The molecule has 0 bridgehead atoms. The van der Waals surface area contributed by atoms with E-state index < -0.39 is 11.6 Å². The van der Waals surface area contributed by atoms with Crippen LogP contribution < -0.4 is 5.73 Å².